The van der Waals surface area contributed by atoms with Gasteiger partial charge in [0.05, 0.1) is 12.4 Å². The first kappa shape index (κ1) is 25.4. The molecule has 0 spiro atoms. The number of nitrogens with one attached hydrogen (secondary N) is 3. The van der Waals surface area contributed by atoms with Crippen LogP contribution < -0.4 is 10.6 Å². The molecule has 0 aliphatic heterocycles. The fourth-order valence-electron chi connectivity index (χ4n) is 3.83. The molecule has 0 unspecified atom stereocenters. The summed E-state index contributed by atoms with van der Waals surface area (Å²) in [5, 5.41) is 5.57. The summed E-state index contributed by atoms with van der Waals surface area (Å²) in [6.45, 7) is 1.92. The number of aromatic nitrogens is 2. The number of benzene rings is 3. The maximum Gasteiger partial charge on any atom is 0.329 e. The SMILES string of the molecule is C[C@H](NC(=O)c1nc[nH]c1C(=O)N[C@@H](Cc1ccccc1)C(=O)OCc1ccccc1)c1ccccc1. The van der Waals surface area contributed by atoms with Gasteiger partial charge < -0.3 is 20.4 Å². The van der Waals surface area contributed by atoms with Crippen molar-refractivity contribution < 1.29 is 19.1 Å². The zero-order valence-corrected chi connectivity index (χ0v) is 20.4. The van der Waals surface area contributed by atoms with Gasteiger partial charge in [0.15, 0.2) is 5.69 Å². The number of H-pyrrole nitrogens is 1. The Bertz CT molecular complexity index is 1320. The lowest BCUT2D eigenvalue weighted by Crippen LogP contribution is -2.44. The van der Waals surface area contributed by atoms with Crippen molar-refractivity contribution >= 4 is 17.8 Å². The number of nitrogens with zero attached hydrogens (tertiary/aromatic N) is 1. The van der Waals surface area contributed by atoms with Crippen LogP contribution in [0.5, 0.6) is 0 Å². The number of esters is 1. The van der Waals surface area contributed by atoms with Gasteiger partial charge in [-0.2, -0.15) is 0 Å². The summed E-state index contributed by atoms with van der Waals surface area (Å²) in [5.41, 5.74) is 2.51. The molecule has 0 radical (unpaired) electrons. The number of imidazole rings is 1. The average Bonchev–Trinajstić information content (AvgIpc) is 3.43. The van der Waals surface area contributed by atoms with Crippen LogP contribution in [0.3, 0.4) is 0 Å². The Morgan fingerprint density at radius 2 is 1.41 bits per heavy atom. The Morgan fingerprint density at radius 3 is 2.05 bits per heavy atom. The predicted molar refractivity (Wildman–Crippen MR) is 139 cm³/mol. The van der Waals surface area contributed by atoms with Crippen LogP contribution in [-0.4, -0.2) is 33.8 Å². The number of amides is 2. The van der Waals surface area contributed by atoms with Gasteiger partial charge in [-0.15, -0.1) is 0 Å². The Labute approximate surface area is 215 Å². The summed E-state index contributed by atoms with van der Waals surface area (Å²) in [7, 11) is 0. The zero-order valence-electron chi connectivity index (χ0n) is 20.4. The van der Waals surface area contributed by atoms with Gasteiger partial charge in [-0.3, -0.25) is 9.59 Å². The van der Waals surface area contributed by atoms with Crippen LogP contribution in [0.2, 0.25) is 0 Å². The summed E-state index contributed by atoms with van der Waals surface area (Å²) >= 11 is 0. The minimum Gasteiger partial charge on any atom is -0.459 e. The molecule has 0 fully saturated rings. The third-order valence-electron chi connectivity index (χ3n) is 5.83. The highest BCUT2D eigenvalue weighted by atomic mass is 16.5. The van der Waals surface area contributed by atoms with Crippen molar-refractivity contribution in [2.45, 2.75) is 32.0 Å². The van der Waals surface area contributed by atoms with Gasteiger partial charge in [-0.25, -0.2) is 9.78 Å². The molecule has 3 aromatic carbocycles. The molecule has 0 aliphatic carbocycles. The number of ether oxygens (including phenoxy) is 1. The van der Waals surface area contributed by atoms with E-state index in [2.05, 4.69) is 20.6 Å². The predicted octanol–water partition coefficient (Wildman–Crippen LogP) is 3.99. The Hall–Kier alpha value is -4.72. The molecule has 0 bridgehead atoms. The van der Waals surface area contributed by atoms with Gasteiger partial charge in [-0.05, 0) is 23.6 Å². The highest BCUT2D eigenvalue weighted by Crippen LogP contribution is 2.14. The van der Waals surface area contributed by atoms with Crippen molar-refractivity contribution in [3.63, 3.8) is 0 Å². The molecule has 1 heterocycles. The summed E-state index contributed by atoms with van der Waals surface area (Å²) in [6, 6.07) is 26.8. The number of hydrogen-bond acceptors (Lipinski definition) is 5. The van der Waals surface area contributed by atoms with Crippen LogP contribution in [-0.2, 0) is 22.6 Å². The molecule has 0 aliphatic rings. The highest BCUT2D eigenvalue weighted by molar-refractivity contribution is 6.05. The van der Waals surface area contributed by atoms with Gasteiger partial charge >= 0.3 is 5.97 Å². The van der Waals surface area contributed by atoms with E-state index in [9.17, 15) is 14.4 Å². The van der Waals surface area contributed by atoms with E-state index in [4.69, 9.17) is 4.74 Å². The van der Waals surface area contributed by atoms with E-state index in [1.165, 1.54) is 6.33 Å². The summed E-state index contributed by atoms with van der Waals surface area (Å²) < 4.78 is 5.50. The van der Waals surface area contributed by atoms with Crippen molar-refractivity contribution in [3.8, 4) is 0 Å². The van der Waals surface area contributed by atoms with Crippen LogP contribution in [0.1, 0.15) is 50.6 Å². The largest absolute Gasteiger partial charge is 0.459 e. The van der Waals surface area contributed by atoms with E-state index in [1.54, 1.807) is 0 Å². The standard InChI is InChI=1S/C29H28N4O4/c1-20(23-15-9-4-10-16-23)32-27(34)25-26(31-19-30-25)28(35)33-24(17-21-11-5-2-6-12-21)29(36)37-18-22-13-7-3-8-14-22/h2-16,19-20,24H,17-18H2,1H3,(H,30,31)(H,32,34)(H,33,35)/t20-,24-/m0/s1. The molecule has 188 valence electrons. The van der Waals surface area contributed by atoms with E-state index in [1.807, 2.05) is 97.9 Å². The van der Waals surface area contributed by atoms with E-state index >= 15 is 0 Å². The molecule has 4 aromatic rings. The summed E-state index contributed by atoms with van der Waals surface area (Å²) in [5.74, 6) is -1.72. The highest BCUT2D eigenvalue weighted by Gasteiger charge is 2.27. The molecule has 1 aromatic heterocycles. The minimum absolute atomic E-state index is 0.0355. The second-order valence-corrected chi connectivity index (χ2v) is 8.54. The first-order valence-electron chi connectivity index (χ1n) is 12.0. The van der Waals surface area contributed by atoms with Crippen molar-refractivity contribution in [1.29, 1.82) is 0 Å². The zero-order chi connectivity index (χ0) is 26.0. The maximum atomic E-state index is 13.2. The number of aromatic amines is 1. The van der Waals surface area contributed by atoms with E-state index in [-0.39, 0.29) is 30.5 Å². The monoisotopic (exact) mass is 496 g/mol. The van der Waals surface area contributed by atoms with Crippen LogP contribution in [0.15, 0.2) is 97.3 Å². The molecule has 0 saturated carbocycles. The minimum atomic E-state index is -0.971. The molecule has 2 amide bonds. The third-order valence-corrected chi connectivity index (χ3v) is 5.83. The van der Waals surface area contributed by atoms with Gasteiger partial charge in [0.25, 0.3) is 11.8 Å². The fraction of sp³-hybridized carbons (Fsp3) is 0.172. The maximum absolute atomic E-state index is 13.2. The Balaban J connectivity index is 1.47. The van der Waals surface area contributed by atoms with Crippen LogP contribution >= 0.6 is 0 Å². The molecule has 8 heteroatoms. The molecule has 4 rings (SSSR count). The first-order chi connectivity index (χ1) is 18.0. The quantitative estimate of drug-likeness (QED) is 0.288. The van der Waals surface area contributed by atoms with E-state index in [0.29, 0.717) is 0 Å². The molecule has 2 atom stereocenters. The lowest BCUT2D eigenvalue weighted by atomic mass is 10.1. The second kappa shape index (κ2) is 12.3. The lowest BCUT2D eigenvalue weighted by Gasteiger charge is -2.18. The molecule has 3 N–H and O–H groups in total. The van der Waals surface area contributed by atoms with E-state index < -0.39 is 23.8 Å². The van der Waals surface area contributed by atoms with Crippen LogP contribution in [0.4, 0.5) is 0 Å². The average molecular weight is 497 g/mol. The Kier molecular flexibility index (Phi) is 8.44. The van der Waals surface area contributed by atoms with Gasteiger partial charge in [0.1, 0.15) is 18.3 Å². The second-order valence-electron chi connectivity index (χ2n) is 8.54. The molecule has 0 saturated heterocycles. The molecular formula is C29H28N4O4. The van der Waals surface area contributed by atoms with Gasteiger partial charge in [0.2, 0.25) is 0 Å². The number of carbonyl (C=O) groups is 3. The summed E-state index contributed by atoms with van der Waals surface area (Å²) in [6.07, 6.45) is 1.50. The molecule has 8 nitrogen and oxygen atoms in total. The fourth-order valence-corrected chi connectivity index (χ4v) is 3.83. The van der Waals surface area contributed by atoms with Crippen LogP contribution in [0, 0.1) is 0 Å². The summed E-state index contributed by atoms with van der Waals surface area (Å²) in [4.78, 5) is 45.9. The van der Waals surface area contributed by atoms with Crippen molar-refractivity contribution in [1.82, 2.24) is 20.6 Å². The van der Waals surface area contributed by atoms with E-state index in [0.717, 1.165) is 16.7 Å². The smallest absolute Gasteiger partial charge is 0.329 e. The number of carbonyl (C=O) groups excluding carboxylic acids is 3. The number of hydrogen-bond donors (Lipinski definition) is 3. The normalized spacial score (nSPS) is 12.2. The van der Waals surface area contributed by atoms with Crippen LogP contribution in [0.25, 0.3) is 0 Å². The third kappa shape index (κ3) is 6.91. The molecule has 37 heavy (non-hydrogen) atoms. The van der Waals surface area contributed by atoms with Crippen molar-refractivity contribution in [2.24, 2.45) is 0 Å². The van der Waals surface area contributed by atoms with Gasteiger partial charge in [0, 0.05) is 6.42 Å². The van der Waals surface area contributed by atoms with Crippen molar-refractivity contribution in [2.75, 3.05) is 0 Å². The number of rotatable bonds is 10. The molecular weight excluding hydrogens is 468 g/mol. The van der Waals surface area contributed by atoms with Crippen molar-refractivity contribution in [3.05, 3.63) is 125 Å². The topological polar surface area (TPSA) is 113 Å². The lowest BCUT2D eigenvalue weighted by molar-refractivity contribution is -0.147. The Morgan fingerprint density at radius 1 is 0.811 bits per heavy atom. The van der Waals surface area contributed by atoms with Gasteiger partial charge in [-0.1, -0.05) is 91.0 Å². The first-order valence-corrected chi connectivity index (χ1v) is 12.0.